The van der Waals surface area contributed by atoms with Gasteiger partial charge in [-0.3, -0.25) is 9.52 Å². The second-order valence-electron chi connectivity index (χ2n) is 6.79. The lowest BCUT2D eigenvalue weighted by Crippen LogP contribution is -2.16. The molecule has 7 heteroatoms. The van der Waals surface area contributed by atoms with Gasteiger partial charge in [0.25, 0.3) is 10.0 Å². The zero-order valence-corrected chi connectivity index (χ0v) is 18.5. The van der Waals surface area contributed by atoms with Crippen LogP contribution < -0.4 is 10.0 Å². The SMILES string of the molecule is Cc1ccc(C)c(CC(=O)Nc2ccc(S(=O)(=O)Nc3ccc(Br)cc3)cc2)c1. The Morgan fingerprint density at radius 2 is 1.52 bits per heavy atom. The van der Waals surface area contributed by atoms with Crippen molar-refractivity contribution < 1.29 is 13.2 Å². The zero-order valence-electron chi connectivity index (χ0n) is 16.1. The maximum absolute atomic E-state index is 12.5. The maximum atomic E-state index is 12.5. The fourth-order valence-corrected chi connectivity index (χ4v) is 4.14. The van der Waals surface area contributed by atoms with Crippen LogP contribution in [0.2, 0.25) is 0 Å². The largest absolute Gasteiger partial charge is 0.326 e. The molecule has 0 aliphatic heterocycles. The van der Waals surface area contributed by atoms with Gasteiger partial charge in [0.15, 0.2) is 0 Å². The van der Waals surface area contributed by atoms with Gasteiger partial charge in [-0.15, -0.1) is 0 Å². The van der Waals surface area contributed by atoms with E-state index in [0.29, 0.717) is 11.4 Å². The van der Waals surface area contributed by atoms with E-state index in [2.05, 4.69) is 26.0 Å². The van der Waals surface area contributed by atoms with Crippen LogP contribution in [0.25, 0.3) is 0 Å². The molecule has 0 spiro atoms. The lowest BCUT2D eigenvalue weighted by atomic mass is 10.0. The summed E-state index contributed by atoms with van der Waals surface area (Å²) in [6, 6.07) is 19.0. The number of rotatable bonds is 6. The minimum absolute atomic E-state index is 0.118. The number of sulfonamides is 1. The molecule has 5 nitrogen and oxygen atoms in total. The van der Waals surface area contributed by atoms with Gasteiger partial charge in [0.2, 0.25) is 5.91 Å². The summed E-state index contributed by atoms with van der Waals surface area (Å²) in [5, 5.41) is 2.81. The van der Waals surface area contributed by atoms with Crippen LogP contribution >= 0.6 is 15.9 Å². The molecule has 0 fully saturated rings. The van der Waals surface area contributed by atoms with Gasteiger partial charge < -0.3 is 5.32 Å². The Morgan fingerprint density at radius 3 is 2.17 bits per heavy atom. The van der Waals surface area contributed by atoms with E-state index in [9.17, 15) is 13.2 Å². The fourth-order valence-electron chi connectivity index (χ4n) is 2.82. The first-order chi connectivity index (χ1) is 13.7. The molecular weight excluding hydrogens is 452 g/mol. The van der Waals surface area contributed by atoms with Crippen molar-refractivity contribution in [2.75, 3.05) is 10.0 Å². The Balaban J connectivity index is 1.67. The summed E-state index contributed by atoms with van der Waals surface area (Å²) >= 11 is 3.31. The van der Waals surface area contributed by atoms with Gasteiger partial charge in [0.05, 0.1) is 11.3 Å². The van der Waals surface area contributed by atoms with Gasteiger partial charge in [-0.2, -0.15) is 0 Å². The summed E-state index contributed by atoms with van der Waals surface area (Å²) in [6.07, 6.45) is 0.263. The van der Waals surface area contributed by atoms with Gasteiger partial charge in [-0.1, -0.05) is 39.7 Å². The first kappa shape index (κ1) is 21.1. The summed E-state index contributed by atoms with van der Waals surface area (Å²) in [5.41, 5.74) is 4.15. The smallest absolute Gasteiger partial charge is 0.261 e. The van der Waals surface area contributed by atoms with Crippen molar-refractivity contribution >= 4 is 43.2 Å². The molecule has 0 saturated heterocycles. The minimum Gasteiger partial charge on any atom is -0.326 e. The highest BCUT2D eigenvalue weighted by atomic mass is 79.9. The van der Waals surface area contributed by atoms with Crippen LogP contribution in [-0.2, 0) is 21.2 Å². The maximum Gasteiger partial charge on any atom is 0.261 e. The molecule has 0 atom stereocenters. The van der Waals surface area contributed by atoms with Crippen molar-refractivity contribution in [3.8, 4) is 0 Å². The first-order valence-corrected chi connectivity index (χ1v) is 11.2. The van der Waals surface area contributed by atoms with Crippen LogP contribution in [-0.4, -0.2) is 14.3 Å². The second-order valence-corrected chi connectivity index (χ2v) is 9.39. The van der Waals surface area contributed by atoms with Crippen molar-refractivity contribution in [2.24, 2.45) is 0 Å². The van der Waals surface area contributed by atoms with Crippen LogP contribution in [0, 0.1) is 13.8 Å². The molecule has 3 aromatic carbocycles. The van der Waals surface area contributed by atoms with E-state index in [1.807, 2.05) is 32.0 Å². The normalized spacial score (nSPS) is 11.1. The number of amides is 1. The third-order valence-electron chi connectivity index (χ3n) is 4.40. The standard InChI is InChI=1S/C22H21BrN2O3S/c1-15-3-4-16(2)17(13-15)14-22(26)24-19-9-11-21(12-10-19)29(27,28)25-20-7-5-18(23)6-8-20/h3-13,25H,14H2,1-2H3,(H,24,26). The Morgan fingerprint density at radius 1 is 0.897 bits per heavy atom. The minimum atomic E-state index is -3.71. The van der Waals surface area contributed by atoms with Gasteiger partial charge in [0.1, 0.15) is 0 Å². The molecule has 0 bridgehead atoms. The van der Waals surface area contributed by atoms with E-state index in [1.54, 1.807) is 36.4 Å². The summed E-state index contributed by atoms with van der Waals surface area (Å²) in [4.78, 5) is 12.5. The van der Waals surface area contributed by atoms with E-state index in [-0.39, 0.29) is 17.2 Å². The van der Waals surface area contributed by atoms with Crippen molar-refractivity contribution in [1.82, 2.24) is 0 Å². The number of hydrogen-bond donors (Lipinski definition) is 2. The monoisotopic (exact) mass is 472 g/mol. The van der Waals surface area contributed by atoms with Crippen molar-refractivity contribution in [1.29, 1.82) is 0 Å². The highest BCUT2D eigenvalue weighted by molar-refractivity contribution is 9.10. The molecule has 0 aliphatic rings. The number of nitrogens with one attached hydrogen (secondary N) is 2. The average molecular weight is 473 g/mol. The van der Waals surface area contributed by atoms with Crippen LogP contribution in [0.3, 0.4) is 0 Å². The highest BCUT2D eigenvalue weighted by Crippen LogP contribution is 2.20. The summed E-state index contributed by atoms with van der Waals surface area (Å²) < 4.78 is 28.4. The van der Waals surface area contributed by atoms with Crippen LogP contribution in [0.4, 0.5) is 11.4 Å². The lowest BCUT2D eigenvalue weighted by Gasteiger charge is -2.10. The fraction of sp³-hybridized carbons (Fsp3) is 0.136. The van der Waals surface area contributed by atoms with Crippen LogP contribution in [0.5, 0.6) is 0 Å². The van der Waals surface area contributed by atoms with Gasteiger partial charge in [-0.25, -0.2) is 8.42 Å². The third-order valence-corrected chi connectivity index (χ3v) is 6.33. The summed E-state index contributed by atoms with van der Waals surface area (Å²) in [6.45, 7) is 3.96. The number of carbonyl (C=O) groups excluding carboxylic acids is 1. The molecule has 3 rings (SSSR count). The number of benzene rings is 3. The first-order valence-electron chi connectivity index (χ1n) is 8.97. The Labute approximate surface area is 179 Å². The summed E-state index contributed by atoms with van der Waals surface area (Å²) in [7, 11) is -3.71. The number of anilines is 2. The molecule has 0 unspecified atom stereocenters. The molecule has 29 heavy (non-hydrogen) atoms. The molecule has 2 N–H and O–H groups in total. The van der Waals surface area contributed by atoms with Gasteiger partial charge in [-0.05, 0) is 73.5 Å². The number of halogens is 1. The quantitative estimate of drug-likeness (QED) is 0.526. The molecule has 3 aromatic rings. The molecular formula is C22H21BrN2O3S. The number of carbonyl (C=O) groups is 1. The molecule has 0 radical (unpaired) electrons. The van der Waals surface area contributed by atoms with Gasteiger partial charge >= 0.3 is 0 Å². The highest BCUT2D eigenvalue weighted by Gasteiger charge is 2.14. The van der Waals surface area contributed by atoms with E-state index in [0.717, 1.165) is 21.2 Å². The predicted molar refractivity (Wildman–Crippen MR) is 120 cm³/mol. The Bertz CT molecular complexity index is 1130. The second kappa shape index (κ2) is 8.80. The zero-order chi connectivity index (χ0) is 21.0. The number of aryl methyl sites for hydroxylation is 2. The predicted octanol–water partition coefficient (Wildman–Crippen LogP) is 5.05. The molecule has 0 aliphatic carbocycles. The third kappa shape index (κ3) is 5.68. The Kier molecular flexibility index (Phi) is 6.39. The van der Waals surface area contributed by atoms with Crippen molar-refractivity contribution in [2.45, 2.75) is 25.2 Å². The van der Waals surface area contributed by atoms with Gasteiger partial charge in [0, 0.05) is 15.8 Å². The van der Waals surface area contributed by atoms with Crippen molar-refractivity contribution in [3.05, 3.63) is 87.9 Å². The molecule has 150 valence electrons. The lowest BCUT2D eigenvalue weighted by molar-refractivity contribution is -0.115. The topological polar surface area (TPSA) is 75.3 Å². The van der Waals surface area contributed by atoms with E-state index in [1.165, 1.54) is 12.1 Å². The molecule has 1 amide bonds. The average Bonchev–Trinajstić information content (AvgIpc) is 2.67. The summed E-state index contributed by atoms with van der Waals surface area (Å²) in [5.74, 6) is -0.151. The van der Waals surface area contributed by atoms with E-state index in [4.69, 9.17) is 0 Å². The van der Waals surface area contributed by atoms with E-state index < -0.39 is 10.0 Å². The number of hydrogen-bond acceptors (Lipinski definition) is 3. The van der Waals surface area contributed by atoms with Crippen molar-refractivity contribution in [3.63, 3.8) is 0 Å². The van der Waals surface area contributed by atoms with E-state index >= 15 is 0 Å². The molecule has 0 heterocycles. The molecule has 0 aromatic heterocycles. The van der Waals surface area contributed by atoms with Crippen LogP contribution in [0.1, 0.15) is 16.7 Å². The van der Waals surface area contributed by atoms with Crippen LogP contribution in [0.15, 0.2) is 76.1 Å². The Hall–Kier alpha value is -2.64. The molecule has 0 saturated carbocycles.